The number of aryl methyl sites for hydroxylation is 2. The van der Waals surface area contributed by atoms with Gasteiger partial charge in [0.15, 0.2) is 0 Å². The summed E-state index contributed by atoms with van der Waals surface area (Å²) >= 11 is 0. The van der Waals surface area contributed by atoms with Crippen LogP contribution in [0.3, 0.4) is 0 Å². The summed E-state index contributed by atoms with van der Waals surface area (Å²) in [6.07, 6.45) is 12.4. The van der Waals surface area contributed by atoms with E-state index < -0.39 is 14.1 Å². The third-order valence-electron chi connectivity index (χ3n) is 6.60. The molecule has 2 fully saturated rings. The number of methoxy groups -OCH3 is 2. The Bertz CT molecular complexity index is 1110. The maximum atomic E-state index is 13.7. The number of aromatic nitrogens is 2. The second-order valence-electron chi connectivity index (χ2n) is 9.95. The van der Waals surface area contributed by atoms with Crippen LogP contribution in [-0.4, -0.2) is 41.9 Å². The highest BCUT2D eigenvalue weighted by Crippen LogP contribution is 2.39. The van der Waals surface area contributed by atoms with E-state index >= 15 is 0 Å². The molecular formula is C31H42FN2O3P. The Hall–Kier alpha value is -2.56. The van der Waals surface area contributed by atoms with Gasteiger partial charge in [0, 0.05) is 19.8 Å². The number of hydrogen-bond acceptors (Lipinski definition) is 5. The van der Waals surface area contributed by atoms with E-state index in [4.69, 9.17) is 9.47 Å². The Morgan fingerprint density at radius 3 is 2.16 bits per heavy atom. The fraction of sp³-hybridized carbons (Fsp3) is 0.484. The second-order valence-corrected chi connectivity index (χ2v) is 11.7. The summed E-state index contributed by atoms with van der Waals surface area (Å²) in [5.74, 6) is 2.21. The zero-order valence-electron chi connectivity index (χ0n) is 23.3. The van der Waals surface area contributed by atoms with Crippen LogP contribution in [0.15, 0.2) is 48.5 Å². The maximum Gasteiger partial charge on any atom is 0.216 e. The molecule has 2 aliphatic rings. The number of halogens is 1. The average Bonchev–Trinajstić information content (AvgIpc) is 3.82. The molecule has 1 heterocycles. The van der Waals surface area contributed by atoms with Crippen LogP contribution in [0.4, 0.5) is 4.39 Å². The number of hydrogen-bond donors (Lipinski definition) is 1. The second kappa shape index (κ2) is 15.8. The van der Waals surface area contributed by atoms with Crippen molar-refractivity contribution in [2.75, 3.05) is 27.0 Å². The highest BCUT2D eigenvalue weighted by molar-refractivity contribution is 7.50. The van der Waals surface area contributed by atoms with Gasteiger partial charge in [-0.1, -0.05) is 50.7 Å². The predicted molar refractivity (Wildman–Crippen MR) is 155 cm³/mol. The van der Waals surface area contributed by atoms with Crippen LogP contribution in [0.5, 0.6) is 11.5 Å². The quantitative estimate of drug-likeness (QED) is 0.242. The fourth-order valence-corrected chi connectivity index (χ4v) is 5.02. The van der Waals surface area contributed by atoms with E-state index in [1.165, 1.54) is 68.6 Å². The van der Waals surface area contributed by atoms with Gasteiger partial charge in [-0.05, 0) is 86.4 Å². The van der Waals surface area contributed by atoms with E-state index in [-0.39, 0.29) is 0 Å². The minimum Gasteiger partial charge on any atom is -0.497 e. The largest absolute Gasteiger partial charge is 0.497 e. The number of rotatable bonds is 7. The van der Waals surface area contributed by atoms with Crippen LogP contribution in [-0.2, 0) is 6.42 Å². The van der Waals surface area contributed by atoms with Crippen molar-refractivity contribution in [1.29, 1.82) is 0 Å². The van der Waals surface area contributed by atoms with Gasteiger partial charge < -0.3 is 14.4 Å². The molecule has 38 heavy (non-hydrogen) atoms. The summed E-state index contributed by atoms with van der Waals surface area (Å²) in [5, 5.41) is 0. The normalized spacial score (nSPS) is 15.3. The van der Waals surface area contributed by atoms with Gasteiger partial charge >= 0.3 is 0 Å². The number of ether oxygens (including phenoxy) is 2. The van der Waals surface area contributed by atoms with Crippen molar-refractivity contribution in [3.05, 3.63) is 71.4 Å². The van der Waals surface area contributed by atoms with E-state index in [2.05, 4.69) is 22.1 Å². The molecule has 1 unspecified atom stereocenters. The van der Waals surface area contributed by atoms with Gasteiger partial charge in [0.1, 0.15) is 17.3 Å². The van der Waals surface area contributed by atoms with Crippen molar-refractivity contribution in [1.82, 2.24) is 9.97 Å². The first kappa shape index (κ1) is 30.0. The third-order valence-corrected chi connectivity index (χ3v) is 7.47. The molecule has 206 valence electrons. The molecule has 3 aromatic rings. The minimum atomic E-state index is -0.779. The molecule has 7 heteroatoms. The zero-order chi connectivity index (χ0) is 27.3. The molecule has 5 nitrogen and oxygen atoms in total. The minimum absolute atomic E-state index is 0.459. The Kier molecular flexibility index (Phi) is 12.4. The standard InChI is InChI=1S/C18H21FN2O.C10H15O2P.C3H6/c1-12-20-17(11-18(19)21-12)15-9-8-14(22-2)10-16(15)13-6-4-3-5-7-13;1-12-10-5-3-4-9(8-10)6-7-13(2)11;1-2-3-1/h8-11,13H,3-7H2,1-2H3;3-5,8,11H,6-7H2,1-2H3;1-3H2. The van der Waals surface area contributed by atoms with Crippen LogP contribution < -0.4 is 9.47 Å². The van der Waals surface area contributed by atoms with Crippen LogP contribution in [0.2, 0.25) is 0 Å². The Morgan fingerprint density at radius 1 is 0.895 bits per heavy atom. The smallest absolute Gasteiger partial charge is 0.216 e. The molecule has 2 saturated carbocycles. The van der Waals surface area contributed by atoms with Crippen molar-refractivity contribution < 1.29 is 18.8 Å². The Balaban J connectivity index is 0.000000211. The van der Waals surface area contributed by atoms with E-state index in [9.17, 15) is 9.28 Å². The molecule has 0 radical (unpaired) electrons. The van der Waals surface area contributed by atoms with Crippen molar-refractivity contribution in [3.8, 4) is 22.8 Å². The van der Waals surface area contributed by atoms with Crippen LogP contribution in [0.1, 0.15) is 74.2 Å². The summed E-state index contributed by atoms with van der Waals surface area (Å²) in [5.41, 5.74) is 4.10. The summed E-state index contributed by atoms with van der Waals surface area (Å²) in [4.78, 5) is 17.3. The molecule has 1 aromatic heterocycles. The molecule has 0 aliphatic heterocycles. The van der Waals surface area contributed by atoms with Gasteiger partial charge in [0.2, 0.25) is 5.95 Å². The molecule has 0 saturated heterocycles. The first-order valence-electron chi connectivity index (χ1n) is 13.6. The predicted octanol–water partition coefficient (Wildman–Crippen LogP) is 8.07. The summed E-state index contributed by atoms with van der Waals surface area (Å²) in [6.45, 7) is 3.59. The molecule has 0 bridgehead atoms. The van der Waals surface area contributed by atoms with Crippen LogP contribution in [0, 0.1) is 12.9 Å². The number of nitrogens with zero attached hydrogens (tertiary/aromatic N) is 2. The highest BCUT2D eigenvalue weighted by Gasteiger charge is 2.21. The van der Waals surface area contributed by atoms with Gasteiger partial charge in [0.05, 0.1) is 19.9 Å². The van der Waals surface area contributed by atoms with Gasteiger partial charge in [0.25, 0.3) is 0 Å². The molecule has 1 atom stereocenters. The first-order chi connectivity index (χ1) is 18.4. The van der Waals surface area contributed by atoms with Gasteiger partial charge in [-0.15, -0.1) is 0 Å². The van der Waals surface area contributed by atoms with E-state index in [1.54, 1.807) is 21.1 Å². The van der Waals surface area contributed by atoms with Crippen LogP contribution in [0.25, 0.3) is 11.3 Å². The van der Waals surface area contributed by atoms with Crippen LogP contribution >= 0.6 is 8.15 Å². The molecule has 0 spiro atoms. The SMILES string of the molecule is C1CC1.COc1ccc(-c2cc(F)nc(C)n2)c(C2CCCCC2)c1.COc1cccc(CCP(C)O)c1. The Labute approximate surface area is 228 Å². The van der Waals surface area contributed by atoms with Gasteiger partial charge in [-0.2, -0.15) is 4.39 Å². The molecule has 2 aliphatic carbocycles. The van der Waals surface area contributed by atoms with E-state index in [1.807, 2.05) is 37.0 Å². The van der Waals surface area contributed by atoms with Crippen molar-refractivity contribution in [2.45, 2.75) is 70.6 Å². The van der Waals surface area contributed by atoms with Gasteiger partial charge in [-0.25, -0.2) is 9.97 Å². The lowest BCUT2D eigenvalue weighted by atomic mass is 9.81. The molecule has 5 rings (SSSR count). The molecular weight excluding hydrogens is 498 g/mol. The average molecular weight is 541 g/mol. The van der Waals surface area contributed by atoms with Crippen molar-refractivity contribution >= 4 is 8.15 Å². The number of benzene rings is 2. The van der Waals surface area contributed by atoms with Crippen molar-refractivity contribution in [3.63, 3.8) is 0 Å². The first-order valence-corrected chi connectivity index (χ1v) is 15.5. The lowest BCUT2D eigenvalue weighted by Crippen LogP contribution is -2.07. The topological polar surface area (TPSA) is 64.5 Å². The lowest BCUT2D eigenvalue weighted by molar-refractivity contribution is 0.410. The zero-order valence-corrected chi connectivity index (χ0v) is 24.1. The van der Waals surface area contributed by atoms with Crippen molar-refractivity contribution in [2.24, 2.45) is 0 Å². The summed E-state index contributed by atoms with van der Waals surface area (Å²) < 4.78 is 24.1. The molecule has 1 N–H and O–H groups in total. The molecule has 0 amide bonds. The van der Waals surface area contributed by atoms with E-state index in [0.717, 1.165) is 29.6 Å². The molecule has 2 aromatic carbocycles. The lowest BCUT2D eigenvalue weighted by Gasteiger charge is -2.24. The third kappa shape index (κ3) is 10.3. The fourth-order valence-electron chi connectivity index (χ4n) is 4.44. The summed E-state index contributed by atoms with van der Waals surface area (Å²) in [6, 6.07) is 15.4. The highest BCUT2D eigenvalue weighted by atomic mass is 31.1. The Morgan fingerprint density at radius 2 is 1.55 bits per heavy atom. The maximum absolute atomic E-state index is 13.7. The van der Waals surface area contributed by atoms with Gasteiger partial charge in [-0.3, -0.25) is 0 Å². The monoisotopic (exact) mass is 540 g/mol. The van der Waals surface area contributed by atoms with E-state index in [0.29, 0.717) is 17.4 Å². The summed E-state index contributed by atoms with van der Waals surface area (Å²) in [7, 11) is 2.56.